The first-order chi connectivity index (χ1) is 13.4. The van der Waals surface area contributed by atoms with Gasteiger partial charge in [0, 0.05) is 35.2 Å². The van der Waals surface area contributed by atoms with Gasteiger partial charge in [-0.25, -0.2) is 0 Å². The lowest BCUT2D eigenvalue weighted by Gasteiger charge is -2.40. The molecule has 1 N–H and O–H groups in total. The average Bonchev–Trinajstić information content (AvgIpc) is 2.68. The predicted molar refractivity (Wildman–Crippen MR) is 115 cm³/mol. The third-order valence-electron chi connectivity index (χ3n) is 5.27. The van der Waals surface area contributed by atoms with Crippen LogP contribution in [0.25, 0.3) is 6.08 Å². The number of carbonyl (C=O) groups excluding carboxylic acids is 1. The highest BCUT2D eigenvalue weighted by Gasteiger charge is 2.30. The zero-order valence-electron chi connectivity index (χ0n) is 16.9. The molecule has 2 aromatic rings. The number of hydrogen-bond donors (Lipinski definition) is 1. The lowest BCUT2D eigenvalue weighted by Crippen LogP contribution is -3.00. The fraction of sp³-hybridized carbons (Fsp3) is 0.348. The van der Waals surface area contributed by atoms with E-state index in [4.69, 9.17) is 16.3 Å². The van der Waals surface area contributed by atoms with Gasteiger partial charge in [0.1, 0.15) is 6.54 Å². The molecule has 1 aliphatic rings. The molecule has 29 heavy (non-hydrogen) atoms. The van der Waals surface area contributed by atoms with Crippen LogP contribution in [0.5, 0.6) is 0 Å². The number of halogens is 2. The molecule has 0 aromatic heterocycles. The number of quaternary nitrogens is 1. The minimum absolute atomic E-state index is 0. The average molecular weight is 435 g/mol. The third kappa shape index (κ3) is 7.16. The Balaban J connectivity index is 0.00000300. The van der Waals surface area contributed by atoms with Crippen LogP contribution in [0, 0.1) is 0 Å². The highest BCUT2D eigenvalue weighted by Crippen LogP contribution is 2.23. The van der Waals surface area contributed by atoms with Gasteiger partial charge in [0.15, 0.2) is 0 Å². The predicted octanol–water partition coefficient (Wildman–Crippen LogP) is 1.75. The van der Waals surface area contributed by atoms with Crippen molar-refractivity contribution in [1.29, 1.82) is 0 Å². The van der Waals surface area contributed by atoms with Crippen molar-refractivity contribution in [2.45, 2.75) is 25.4 Å². The maximum Gasteiger partial charge on any atom is 0.248 e. The van der Waals surface area contributed by atoms with Gasteiger partial charge in [-0.3, -0.25) is 4.79 Å². The summed E-state index contributed by atoms with van der Waals surface area (Å²) in [6.07, 6.45) is 5.49. The number of nitrogens with zero attached hydrogens (tertiary/aromatic N) is 1. The van der Waals surface area contributed by atoms with Crippen molar-refractivity contribution >= 4 is 29.3 Å². The summed E-state index contributed by atoms with van der Waals surface area (Å²) in [5, 5.41) is 3.55. The highest BCUT2D eigenvalue weighted by molar-refractivity contribution is 6.30. The molecule has 0 unspecified atom stereocenters. The van der Waals surface area contributed by atoms with Crippen molar-refractivity contribution in [3.8, 4) is 0 Å². The zero-order valence-corrected chi connectivity index (χ0v) is 18.4. The number of anilines is 1. The molecule has 2 aromatic carbocycles. The van der Waals surface area contributed by atoms with Crippen molar-refractivity contribution in [1.82, 2.24) is 0 Å². The summed E-state index contributed by atoms with van der Waals surface area (Å²) in [5.41, 5.74) is 2.95. The van der Waals surface area contributed by atoms with E-state index in [2.05, 4.69) is 31.5 Å². The Morgan fingerprint density at radius 2 is 1.86 bits per heavy atom. The van der Waals surface area contributed by atoms with E-state index >= 15 is 0 Å². The summed E-state index contributed by atoms with van der Waals surface area (Å²) in [6, 6.07) is 16.1. The number of ether oxygens (including phenoxy) is 1. The van der Waals surface area contributed by atoms with E-state index < -0.39 is 0 Å². The molecule has 0 saturated carbocycles. The molecule has 0 spiro atoms. The molecule has 1 fully saturated rings. The summed E-state index contributed by atoms with van der Waals surface area (Å²) in [7, 11) is 4.57. The van der Waals surface area contributed by atoms with Gasteiger partial charge in [-0.1, -0.05) is 35.9 Å². The molecule has 0 bridgehead atoms. The molecule has 1 aliphatic heterocycles. The first-order valence-electron chi connectivity index (χ1n) is 9.66. The molecule has 0 radical (unpaired) electrons. The molecule has 6 heteroatoms. The molecule has 1 saturated heterocycles. The van der Waals surface area contributed by atoms with Crippen LogP contribution in [0.4, 0.5) is 5.69 Å². The van der Waals surface area contributed by atoms with Crippen LogP contribution in [0.3, 0.4) is 0 Å². The van der Waals surface area contributed by atoms with E-state index in [-0.39, 0.29) is 18.3 Å². The Labute approximate surface area is 184 Å². The first-order valence-corrected chi connectivity index (χ1v) is 10.0. The highest BCUT2D eigenvalue weighted by atomic mass is 35.5. The van der Waals surface area contributed by atoms with Crippen LogP contribution < -0.4 is 17.7 Å². The normalized spacial score (nSPS) is 15.1. The standard InChI is InChI=1S/C23H27ClN2O2.ClH/c1-26(2,22-12-14-28-15-13-22)17-19-6-9-21(10-7-19)25-23(27)11-8-18-4-3-5-20(24)16-18;/h3-11,16,22H,12-15,17H2,1-2H3;1H/b11-8+;. The van der Waals surface area contributed by atoms with E-state index in [9.17, 15) is 4.79 Å². The fourth-order valence-corrected chi connectivity index (χ4v) is 3.84. The smallest absolute Gasteiger partial charge is 0.248 e. The molecule has 156 valence electrons. The van der Waals surface area contributed by atoms with Gasteiger partial charge >= 0.3 is 0 Å². The largest absolute Gasteiger partial charge is 1.00 e. The minimum atomic E-state index is -0.161. The van der Waals surface area contributed by atoms with Crippen LogP contribution >= 0.6 is 11.6 Å². The SMILES string of the molecule is C[N+](C)(Cc1ccc(NC(=O)/C=C/c2cccc(Cl)c2)cc1)C1CCOCC1.[Cl-]. The van der Waals surface area contributed by atoms with E-state index in [0.717, 1.165) is 48.3 Å². The Hall–Kier alpha value is -1.85. The van der Waals surface area contributed by atoms with Gasteiger partial charge in [-0.15, -0.1) is 0 Å². The Morgan fingerprint density at radius 3 is 2.52 bits per heavy atom. The van der Waals surface area contributed by atoms with E-state index in [0.29, 0.717) is 11.1 Å². The molecule has 1 amide bonds. The second-order valence-corrected chi connectivity index (χ2v) is 8.29. The molecule has 3 rings (SSSR count). The Bertz CT molecular complexity index is 829. The molecule has 1 heterocycles. The topological polar surface area (TPSA) is 38.3 Å². The summed E-state index contributed by atoms with van der Waals surface area (Å²) in [6.45, 7) is 2.69. The van der Waals surface area contributed by atoms with Gasteiger partial charge in [-0.05, 0) is 35.9 Å². The van der Waals surface area contributed by atoms with Crippen LogP contribution in [-0.2, 0) is 16.1 Å². The Morgan fingerprint density at radius 1 is 1.17 bits per heavy atom. The molecular formula is C23H28Cl2N2O2. The zero-order chi connectivity index (χ0) is 20.0. The monoisotopic (exact) mass is 434 g/mol. The van der Waals surface area contributed by atoms with Crippen molar-refractivity contribution in [3.63, 3.8) is 0 Å². The van der Waals surface area contributed by atoms with E-state index in [1.807, 2.05) is 36.4 Å². The van der Waals surface area contributed by atoms with Crippen molar-refractivity contribution in [2.75, 3.05) is 32.6 Å². The number of rotatable bonds is 6. The van der Waals surface area contributed by atoms with Crippen molar-refractivity contribution in [2.24, 2.45) is 0 Å². The van der Waals surface area contributed by atoms with Crippen LogP contribution in [0.15, 0.2) is 54.6 Å². The lowest BCUT2D eigenvalue weighted by molar-refractivity contribution is -0.929. The molecular weight excluding hydrogens is 407 g/mol. The van der Waals surface area contributed by atoms with Gasteiger partial charge in [0.05, 0.1) is 33.4 Å². The van der Waals surface area contributed by atoms with Gasteiger partial charge in [0.2, 0.25) is 5.91 Å². The molecule has 0 atom stereocenters. The van der Waals surface area contributed by atoms with Gasteiger partial charge in [-0.2, -0.15) is 0 Å². The van der Waals surface area contributed by atoms with E-state index in [1.54, 1.807) is 6.08 Å². The van der Waals surface area contributed by atoms with Gasteiger partial charge < -0.3 is 26.9 Å². The van der Waals surface area contributed by atoms with Gasteiger partial charge in [0.25, 0.3) is 0 Å². The number of amides is 1. The minimum Gasteiger partial charge on any atom is -1.00 e. The second kappa shape index (κ2) is 10.8. The number of benzene rings is 2. The van der Waals surface area contributed by atoms with Crippen LogP contribution in [-0.4, -0.2) is 43.7 Å². The maximum absolute atomic E-state index is 12.1. The molecule has 4 nitrogen and oxygen atoms in total. The third-order valence-corrected chi connectivity index (χ3v) is 5.50. The number of nitrogens with one attached hydrogen (secondary N) is 1. The van der Waals surface area contributed by atoms with Crippen LogP contribution in [0.1, 0.15) is 24.0 Å². The summed E-state index contributed by atoms with van der Waals surface area (Å²) < 4.78 is 6.45. The second-order valence-electron chi connectivity index (χ2n) is 7.85. The maximum atomic E-state index is 12.1. The lowest BCUT2D eigenvalue weighted by atomic mass is 10.0. The summed E-state index contributed by atoms with van der Waals surface area (Å²) in [4.78, 5) is 12.1. The van der Waals surface area contributed by atoms with E-state index in [1.165, 1.54) is 11.6 Å². The fourth-order valence-electron chi connectivity index (χ4n) is 3.64. The summed E-state index contributed by atoms with van der Waals surface area (Å²) in [5.74, 6) is -0.161. The number of hydrogen-bond acceptors (Lipinski definition) is 2. The number of carbonyl (C=O) groups is 1. The summed E-state index contributed by atoms with van der Waals surface area (Å²) >= 11 is 5.96. The van der Waals surface area contributed by atoms with Crippen molar-refractivity contribution < 1.29 is 26.4 Å². The first kappa shape index (κ1) is 23.4. The van der Waals surface area contributed by atoms with Crippen LogP contribution in [0.2, 0.25) is 5.02 Å². The van der Waals surface area contributed by atoms with Crippen molar-refractivity contribution in [3.05, 3.63) is 70.8 Å². The quantitative estimate of drug-likeness (QED) is 0.555. The Kier molecular flexibility index (Phi) is 8.72. The molecule has 0 aliphatic carbocycles.